The number of nitrogens with zero attached hydrogens (tertiary/aromatic N) is 2. The maximum absolute atomic E-state index is 12.9. The standard InChI is InChI=1S/C21H23N3O4S/c1-5-15-23-18-17(14(11-29-18)20(27)28)19(26)24(15)10-16(25)22-13-8-6-12(7-9-13)21(2,3)4/h6-9,11H,5,10H2,1-4H3,(H,22,25)(H,27,28). The van der Waals surface area contributed by atoms with E-state index in [1.54, 1.807) is 0 Å². The second-order valence-corrected chi connectivity index (χ2v) is 8.64. The number of aryl methyl sites for hydroxylation is 1. The van der Waals surface area contributed by atoms with Crippen molar-refractivity contribution in [3.05, 3.63) is 57.0 Å². The van der Waals surface area contributed by atoms with Crippen molar-refractivity contribution in [1.29, 1.82) is 0 Å². The van der Waals surface area contributed by atoms with Gasteiger partial charge in [0, 0.05) is 17.5 Å². The second kappa shape index (κ2) is 7.79. The molecule has 0 radical (unpaired) electrons. The van der Waals surface area contributed by atoms with Crippen LogP contribution in [0.5, 0.6) is 0 Å². The molecule has 7 nitrogen and oxygen atoms in total. The molecule has 1 aromatic carbocycles. The first-order valence-electron chi connectivity index (χ1n) is 9.26. The Kier molecular flexibility index (Phi) is 5.57. The molecule has 0 aliphatic rings. The number of rotatable bonds is 5. The third-order valence-corrected chi connectivity index (χ3v) is 5.53. The van der Waals surface area contributed by atoms with Crippen LogP contribution in [0.1, 0.15) is 49.4 Å². The molecule has 29 heavy (non-hydrogen) atoms. The third-order valence-electron chi connectivity index (χ3n) is 4.66. The highest BCUT2D eigenvalue weighted by Crippen LogP contribution is 2.24. The van der Waals surface area contributed by atoms with E-state index in [0.29, 0.717) is 22.8 Å². The molecule has 3 aromatic rings. The Balaban J connectivity index is 1.90. The van der Waals surface area contributed by atoms with Crippen molar-refractivity contribution in [3.8, 4) is 0 Å². The molecular weight excluding hydrogens is 390 g/mol. The van der Waals surface area contributed by atoms with Gasteiger partial charge >= 0.3 is 5.97 Å². The number of nitrogens with one attached hydrogen (secondary N) is 1. The smallest absolute Gasteiger partial charge is 0.337 e. The summed E-state index contributed by atoms with van der Waals surface area (Å²) in [5.41, 5.74) is 1.19. The Labute approximate surface area is 172 Å². The number of carboxylic acid groups (broad SMARTS) is 1. The zero-order chi connectivity index (χ0) is 21.3. The van der Waals surface area contributed by atoms with E-state index < -0.39 is 11.5 Å². The van der Waals surface area contributed by atoms with Crippen LogP contribution in [0.15, 0.2) is 34.4 Å². The SMILES string of the molecule is CCc1nc2scc(C(=O)O)c2c(=O)n1CC(=O)Nc1ccc(C(C)(C)C)cc1. The molecule has 2 aromatic heterocycles. The molecule has 0 fully saturated rings. The Morgan fingerprint density at radius 3 is 2.41 bits per heavy atom. The minimum atomic E-state index is -1.19. The number of carbonyl (C=O) groups is 2. The molecular formula is C21H23N3O4S. The summed E-state index contributed by atoms with van der Waals surface area (Å²) in [7, 11) is 0. The number of carbonyl (C=O) groups excluding carboxylic acids is 1. The van der Waals surface area contributed by atoms with E-state index >= 15 is 0 Å². The van der Waals surface area contributed by atoms with Gasteiger partial charge in [-0.15, -0.1) is 11.3 Å². The average molecular weight is 413 g/mol. The van der Waals surface area contributed by atoms with Crippen molar-refractivity contribution >= 4 is 39.1 Å². The number of thiophene rings is 1. The van der Waals surface area contributed by atoms with E-state index in [1.807, 2.05) is 31.2 Å². The summed E-state index contributed by atoms with van der Waals surface area (Å²) in [5, 5.41) is 13.6. The quantitative estimate of drug-likeness (QED) is 0.665. The molecule has 0 aliphatic carbocycles. The van der Waals surface area contributed by atoms with Crippen molar-refractivity contribution in [3.63, 3.8) is 0 Å². The van der Waals surface area contributed by atoms with E-state index in [0.717, 1.165) is 16.9 Å². The van der Waals surface area contributed by atoms with Crippen LogP contribution in [0.2, 0.25) is 0 Å². The minimum Gasteiger partial charge on any atom is -0.478 e. The van der Waals surface area contributed by atoms with Gasteiger partial charge in [0.2, 0.25) is 5.91 Å². The molecule has 1 amide bonds. The van der Waals surface area contributed by atoms with Crippen molar-refractivity contribution in [2.75, 3.05) is 5.32 Å². The van der Waals surface area contributed by atoms with Gasteiger partial charge in [0.05, 0.1) is 10.9 Å². The number of benzene rings is 1. The number of carboxylic acids is 1. The largest absolute Gasteiger partial charge is 0.478 e. The lowest BCUT2D eigenvalue weighted by molar-refractivity contribution is -0.116. The van der Waals surface area contributed by atoms with Crippen LogP contribution in [0.4, 0.5) is 5.69 Å². The molecule has 0 aliphatic heterocycles. The van der Waals surface area contributed by atoms with Gasteiger partial charge in [0.15, 0.2) is 0 Å². The number of aromatic nitrogens is 2. The molecule has 0 unspecified atom stereocenters. The van der Waals surface area contributed by atoms with Crippen LogP contribution in [0, 0.1) is 0 Å². The molecule has 2 heterocycles. The van der Waals surface area contributed by atoms with Crippen molar-refractivity contribution < 1.29 is 14.7 Å². The van der Waals surface area contributed by atoms with E-state index in [1.165, 1.54) is 9.95 Å². The second-order valence-electron chi connectivity index (χ2n) is 7.78. The number of hydrogen-bond acceptors (Lipinski definition) is 5. The van der Waals surface area contributed by atoms with Crippen molar-refractivity contribution in [2.24, 2.45) is 0 Å². The fourth-order valence-corrected chi connectivity index (χ4v) is 3.98. The number of anilines is 1. The fraction of sp³-hybridized carbons (Fsp3) is 0.333. The van der Waals surface area contributed by atoms with E-state index in [4.69, 9.17) is 0 Å². The molecule has 3 rings (SSSR count). The van der Waals surface area contributed by atoms with Crippen LogP contribution in [-0.4, -0.2) is 26.5 Å². The summed E-state index contributed by atoms with van der Waals surface area (Å²) in [6, 6.07) is 7.56. The van der Waals surface area contributed by atoms with Crippen LogP contribution in [0.3, 0.4) is 0 Å². The first kappa shape index (κ1) is 20.7. The van der Waals surface area contributed by atoms with Crippen LogP contribution in [0.25, 0.3) is 10.2 Å². The first-order chi connectivity index (χ1) is 13.6. The molecule has 0 saturated heterocycles. The topological polar surface area (TPSA) is 101 Å². The van der Waals surface area contributed by atoms with Crippen molar-refractivity contribution in [2.45, 2.75) is 46.1 Å². The first-order valence-corrected chi connectivity index (χ1v) is 10.1. The number of hydrogen-bond donors (Lipinski definition) is 2. The van der Waals surface area contributed by atoms with E-state index in [-0.39, 0.29) is 28.8 Å². The van der Waals surface area contributed by atoms with Gasteiger partial charge in [-0.2, -0.15) is 0 Å². The fourth-order valence-electron chi connectivity index (χ4n) is 3.05. The van der Waals surface area contributed by atoms with Gasteiger partial charge in [-0.1, -0.05) is 39.8 Å². The average Bonchev–Trinajstić information content (AvgIpc) is 3.08. The lowest BCUT2D eigenvalue weighted by Crippen LogP contribution is -2.31. The number of amides is 1. The van der Waals surface area contributed by atoms with Crippen LogP contribution in [-0.2, 0) is 23.2 Å². The van der Waals surface area contributed by atoms with Crippen LogP contribution < -0.4 is 10.9 Å². The maximum Gasteiger partial charge on any atom is 0.337 e. The molecule has 152 valence electrons. The third kappa shape index (κ3) is 4.22. The van der Waals surface area contributed by atoms with Gasteiger partial charge in [-0.25, -0.2) is 9.78 Å². The molecule has 0 saturated carbocycles. The van der Waals surface area contributed by atoms with Gasteiger partial charge < -0.3 is 10.4 Å². The number of aromatic carboxylic acids is 1. The monoisotopic (exact) mass is 413 g/mol. The van der Waals surface area contributed by atoms with Gasteiger partial charge in [-0.3, -0.25) is 14.2 Å². The predicted molar refractivity (Wildman–Crippen MR) is 114 cm³/mol. The van der Waals surface area contributed by atoms with E-state index in [9.17, 15) is 19.5 Å². The normalized spacial score (nSPS) is 11.6. The predicted octanol–water partition coefficient (Wildman–Crippen LogP) is 3.65. The number of fused-ring (bicyclic) bond motifs is 1. The van der Waals surface area contributed by atoms with E-state index in [2.05, 4.69) is 31.1 Å². The Hall–Kier alpha value is -3.00. The summed E-state index contributed by atoms with van der Waals surface area (Å²) in [6.07, 6.45) is 0.443. The van der Waals surface area contributed by atoms with Crippen LogP contribution >= 0.6 is 11.3 Å². The zero-order valence-electron chi connectivity index (χ0n) is 16.8. The Bertz CT molecular complexity index is 1140. The van der Waals surface area contributed by atoms with Gasteiger partial charge in [0.1, 0.15) is 17.2 Å². The van der Waals surface area contributed by atoms with Gasteiger partial charge in [-0.05, 0) is 23.1 Å². The molecule has 2 N–H and O–H groups in total. The lowest BCUT2D eigenvalue weighted by atomic mass is 9.87. The summed E-state index contributed by atoms with van der Waals surface area (Å²) in [5.74, 6) is -1.12. The summed E-state index contributed by atoms with van der Waals surface area (Å²) in [4.78, 5) is 41.7. The highest BCUT2D eigenvalue weighted by atomic mass is 32.1. The molecule has 0 bridgehead atoms. The molecule has 0 atom stereocenters. The molecule has 8 heteroatoms. The van der Waals surface area contributed by atoms with Gasteiger partial charge in [0.25, 0.3) is 5.56 Å². The highest BCUT2D eigenvalue weighted by Gasteiger charge is 2.20. The highest BCUT2D eigenvalue weighted by molar-refractivity contribution is 7.17. The summed E-state index contributed by atoms with van der Waals surface area (Å²) >= 11 is 1.11. The lowest BCUT2D eigenvalue weighted by Gasteiger charge is -2.19. The zero-order valence-corrected chi connectivity index (χ0v) is 17.6. The Morgan fingerprint density at radius 2 is 1.86 bits per heavy atom. The summed E-state index contributed by atoms with van der Waals surface area (Å²) < 4.78 is 1.25. The molecule has 0 spiro atoms. The summed E-state index contributed by atoms with van der Waals surface area (Å²) in [6.45, 7) is 7.93. The Morgan fingerprint density at radius 1 is 1.21 bits per heavy atom. The van der Waals surface area contributed by atoms with Crippen molar-refractivity contribution in [1.82, 2.24) is 9.55 Å². The minimum absolute atomic E-state index is 0.00927. The maximum atomic E-state index is 12.9.